The molecule has 0 heterocycles. The number of aliphatic carboxylic acids is 2. The van der Waals surface area contributed by atoms with Crippen LogP contribution in [0.2, 0.25) is 0 Å². The van der Waals surface area contributed by atoms with Crippen LogP contribution in [0.5, 0.6) is 5.75 Å². The van der Waals surface area contributed by atoms with E-state index in [2.05, 4.69) is 0 Å². The fourth-order valence-corrected chi connectivity index (χ4v) is 4.44. The van der Waals surface area contributed by atoms with Gasteiger partial charge in [0.05, 0.1) is 6.61 Å². The quantitative estimate of drug-likeness (QED) is 0.138. The molecule has 0 saturated carbocycles. The van der Waals surface area contributed by atoms with Crippen LogP contribution in [0.1, 0.15) is 52.9 Å². The van der Waals surface area contributed by atoms with E-state index in [-0.39, 0.29) is 0 Å². The van der Waals surface area contributed by atoms with Gasteiger partial charge in [-0.1, -0.05) is 133 Å². The lowest BCUT2D eigenvalue weighted by Crippen LogP contribution is -2.12. The lowest BCUT2D eigenvalue weighted by atomic mass is 9.92. The second-order valence-electron chi connectivity index (χ2n) is 9.56. The minimum Gasteiger partial charge on any atom is -0.494 e. The first-order valence-corrected chi connectivity index (χ1v) is 14.1. The molecule has 226 valence electrons. The summed E-state index contributed by atoms with van der Waals surface area (Å²) in [6.45, 7) is 2.51. The number of benzene rings is 5. The molecular formula is C37H36O7. The summed E-state index contributed by atoms with van der Waals surface area (Å²) in [6, 6.07) is 43.7. The predicted octanol–water partition coefficient (Wildman–Crippen LogP) is 6.87. The summed E-state index contributed by atoms with van der Waals surface area (Å²) in [4.78, 5) is 22.6. The summed E-state index contributed by atoms with van der Waals surface area (Å²) in [5, 5.41) is 36.1. The number of ether oxygens (including phenoxy) is 1. The second-order valence-corrected chi connectivity index (χ2v) is 9.56. The summed E-state index contributed by atoms with van der Waals surface area (Å²) in [6.07, 6.45) is -1.40. The van der Waals surface area contributed by atoms with Gasteiger partial charge in [-0.25, -0.2) is 0 Å². The van der Waals surface area contributed by atoms with Crippen molar-refractivity contribution in [2.75, 3.05) is 6.61 Å². The minimum absolute atomic E-state index is 0.471. The van der Waals surface area contributed by atoms with Gasteiger partial charge < -0.3 is 25.2 Å². The Kier molecular flexibility index (Phi) is 13.3. The number of aliphatic hydroxyl groups is 2. The molecule has 0 aliphatic rings. The van der Waals surface area contributed by atoms with Crippen molar-refractivity contribution in [2.24, 2.45) is 0 Å². The van der Waals surface area contributed by atoms with Crippen LogP contribution < -0.4 is 4.74 Å². The zero-order valence-corrected chi connectivity index (χ0v) is 24.3. The lowest BCUT2D eigenvalue weighted by Gasteiger charge is -2.12. The molecule has 0 amide bonds. The van der Waals surface area contributed by atoms with Gasteiger partial charge in [-0.2, -0.15) is 0 Å². The van der Waals surface area contributed by atoms with Gasteiger partial charge in [-0.15, -0.1) is 0 Å². The van der Waals surface area contributed by atoms with Crippen molar-refractivity contribution in [3.63, 3.8) is 0 Å². The maximum atomic E-state index is 11.3. The summed E-state index contributed by atoms with van der Waals surface area (Å²) >= 11 is 0. The van der Waals surface area contributed by atoms with Gasteiger partial charge in [0.2, 0.25) is 0 Å². The Morgan fingerprint density at radius 2 is 0.795 bits per heavy atom. The van der Waals surface area contributed by atoms with Gasteiger partial charge in [0.1, 0.15) is 17.6 Å². The normalized spacial score (nSPS) is 10.3. The van der Waals surface area contributed by atoms with Crippen molar-refractivity contribution in [2.45, 2.75) is 25.0 Å². The first-order valence-electron chi connectivity index (χ1n) is 14.1. The highest BCUT2D eigenvalue weighted by atomic mass is 16.5. The van der Waals surface area contributed by atoms with E-state index in [4.69, 9.17) is 14.9 Å². The van der Waals surface area contributed by atoms with Crippen molar-refractivity contribution in [1.29, 1.82) is 0 Å². The van der Waals surface area contributed by atoms with Gasteiger partial charge in [0.25, 0.3) is 0 Å². The van der Waals surface area contributed by atoms with E-state index in [1.54, 1.807) is 24.3 Å². The Balaban J connectivity index is 0.000000183. The molecule has 0 radical (unpaired) electrons. The van der Waals surface area contributed by atoms with E-state index in [0.29, 0.717) is 12.2 Å². The minimum atomic E-state index is -1.40. The van der Waals surface area contributed by atoms with E-state index in [9.17, 15) is 19.8 Å². The fourth-order valence-electron chi connectivity index (χ4n) is 4.44. The van der Waals surface area contributed by atoms with Crippen LogP contribution >= 0.6 is 0 Å². The molecule has 5 aromatic rings. The van der Waals surface area contributed by atoms with Gasteiger partial charge in [-0.05, 0) is 41.3 Å². The number of hydrogen-bond donors (Lipinski definition) is 4. The number of hydrogen-bond acceptors (Lipinski definition) is 5. The Bertz CT molecular complexity index is 1350. The fraction of sp³-hybridized carbons (Fsp3) is 0.135. The maximum absolute atomic E-state index is 11.3. The van der Waals surface area contributed by atoms with Crippen molar-refractivity contribution in [3.8, 4) is 5.75 Å². The van der Waals surface area contributed by atoms with Crippen LogP contribution in [0.3, 0.4) is 0 Å². The van der Waals surface area contributed by atoms with Gasteiger partial charge in [0, 0.05) is 5.56 Å². The van der Waals surface area contributed by atoms with Gasteiger partial charge in [-0.3, -0.25) is 9.59 Å². The van der Waals surface area contributed by atoms with E-state index < -0.39 is 30.1 Å². The molecule has 44 heavy (non-hydrogen) atoms. The molecule has 0 saturated heterocycles. The van der Waals surface area contributed by atoms with E-state index in [1.165, 1.54) is 0 Å². The molecule has 0 unspecified atom stereocenters. The number of carboxylic acid groups (broad SMARTS) is 2. The molecule has 0 spiro atoms. The smallest absolute Gasteiger partial charge is 0.315 e. The molecule has 7 heteroatoms. The number of carboxylic acids is 2. The SMILES string of the molecule is CCOc1ccc(C(O)O)cc1.O=C(O)C(c1ccccc1)c1ccccc1.O=C(O)C(c1ccccc1)c1ccccc1. The van der Waals surface area contributed by atoms with Crippen LogP contribution in [-0.2, 0) is 9.59 Å². The number of aliphatic hydroxyl groups excluding tert-OH is 1. The Morgan fingerprint density at radius 1 is 0.500 bits per heavy atom. The van der Waals surface area contributed by atoms with Crippen LogP contribution in [0, 0.1) is 0 Å². The largest absolute Gasteiger partial charge is 0.494 e. The van der Waals surface area contributed by atoms with E-state index in [1.807, 2.05) is 128 Å². The molecule has 0 aromatic heterocycles. The second kappa shape index (κ2) is 17.7. The standard InChI is InChI=1S/2C14H12O2.C9H12O3/c2*15-14(16)13(11-7-3-1-4-8-11)12-9-5-2-6-10-12;1-2-12-8-5-3-7(4-6-8)9(10)11/h2*1-10,13H,(H,15,16);3-6,9-11H,2H2,1H3. The van der Waals surface area contributed by atoms with E-state index >= 15 is 0 Å². The summed E-state index contributed by atoms with van der Waals surface area (Å²) in [5.41, 5.74) is 3.70. The van der Waals surface area contributed by atoms with Crippen LogP contribution in [-0.4, -0.2) is 39.0 Å². The van der Waals surface area contributed by atoms with Crippen LogP contribution in [0.25, 0.3) is 0 Å². The molecule has 0 atom stereocenters. The Hall–Kier alpha value is -5.24. The number of rotatable bonds is 9. The third kappa shape index (κ3) is 10.2. The molecule has 0 aliphatic carbocycles. The predicted molar refractivity (Wildman–Crippen MR) is 170 cm³/mol. The highest BCUT2D eigenvalue weighted by Gasteiger charge is 2.22. The summed E-state index contributed by atoms with van der Waals surface area (Å²) < 4.78 is 5.18. The molecule has 0 aliphatic heterocycles. The molecule has 5 aromatic carbocycles. The zero-order valence-electron chi connectivity index (χ0n) is 24.3. The molecule has 5 rings (SSSR count). The lowest BCUT2D eigenvalue weighted by molar-refractivity contribution is -0.138. The van der Waals surface area contributed by atoms with Gasteiger partial charge >= 0.3 is 11.9 Å². The summed E-state index contributed by atoms with van der Waals surface area (Å²) in [5.74, 6) is -2.07. The molecule has 7 nitrogen and oxygen atoms in total. The first-order chi connectivity index (χ1) is 21.3. The molecule has 4 N–H and O–H groups in total. The van der Waals surface area contributed by atoms with Crippen molar-refractivity contribution in [1.82, 2.24) is 0 Å². The van der Waals surface area contributed by atoms with Gasteiger partial charge in [0.15, 0.2) is 6.29 Å². The highest BCUT2D eigenvalue weighted by Crippen LogP contribution is 2.25. The topological polar surface area (TPSA) is 124 Å². The number of carbonyl (C=O) groups is 2. The van der Waals surface area contributed by atoms with Crippen molar-refractivity contribution in [3.05, 3.63) is 173 Å². The van der Waals surface area contributed by atoms with Crippen molar-refractivity contribution >= 4 is 11.9 Å². The van der Waals surface area contributed by atoms with Crippen molar-refractivity contribution < 1.29 is 34.8 Å². The molecule has 0 bridgehead atoms. The molecule has 0 fully saturated rings. The monoisotopic (exact) mass is 592 g/mol. The third-order valence-electron chi connectivity index (χ3n) is 6.51. The molecular weight excluding hydrogens is 556 g/mol. The average molecular weight is 593 g/mol. The zero-order chi connectivity index (χ0) is 31.7. The van der Waals surface area contributed by atoms with E-state index in [0.717, 1.165) is 28.0 Å². The Labute approximate surface area is 257 Å². The Morgan fingerprint density at radius 3 is 1.02 bits per heavy atom. The maximum Gasteiger partial charge on any atom is 0.315 e. The highest BCUT2D eigenvalue weighted by molar-refractivity contribution is 5.81. The summed E-state index contributed by atoms with van der Waals surface area (Å²) in [7, 11) is 0. The van der Waals surface area contributed by atoms with Crippen LogP contribution in [0.4, 0.5) is 0 Å². The third-order valence-corrected chi connectivity index (χ3v) is 6.51. The first kappa shape index (κ1) is 33.3. The average Bonchev–Trinajstić information content (AvgIpc) is 3.04. The van der Waals surface area contributed by atoms with Crippen LogP contribution in [0.15, 0.2) is 146 Å².